The molecule has 0 amide bonds. The van der Waals surface area contributed by atoms with Crippen LogP contribution in [0.1, 0.15) is 36.4 Å². The van der Waals surface area contributed by atoms with Crippen molar-refractivity contribution in [1.82, 2.24) is 0 Å². The highest BCUT2D eigenvalue weighted by Gasteiger charge is 2.28. The molecule has 0 aromatic heterocycles. The van der Waals surface area contributed by atoms with E-state index >= 15 is 0 Å². The molecule has 2 aliphatic rings. The van der Waals surface area contributed by atoms with Crippen LogP contribution in [0.15, 0.2) is 18.2 Å². The lowest BCUT2D eigenvalue weighted by molar-refractivity contribution is 0.298. The smallest absolute Gasteiger partial charge is 0.124 e. The lowest BCUT2D eigenvalue weighted by Gasteiger charge is -2.12. The Kier molecular flexibility index (Phi) is 1.77. The molecule has 2 nitrogen and oxygen atoms in total. The summed E-state index contributed by atoms with van der Waals surface area (Å²) in [6.07, 6.45) is 5.06. The Morgan fingerprint density at radius 3 is 2.86 bits per heavy atom. The van der Waals surface area contributed by atoms with E-state index in [1.54, 1.807) is 0 Å². The van der Waals surface area contributed by atoms with Gasteiger partial charge in [0.25, 0.3) is 0 Å². The van der Waals surface area contributed by atoms with Crippen LogP contribution in [-0.4, -0.2) is 6.10 Å². The van der Waals surface area contributed by atoms with Gasteiger partial charge in [-0.15, -0.1) is 0 Å². The van der Waals surface area contributed by atoms with E-state index in [1.807, 2.05) is 0 Å². The van der Waals surface area contributed by atoms with Gasteiger partial charge in [-0.1, -0.05) is 12.1 Å². The fraction of sp³-hybridized carbons (Fsp3) is 0.500. The topological polar surface area (TPSA) is 35.2 Å². The maximum atomic E-state index is 6.06. The van der Waals surface area contributed by atoms with Crippen LogP contribution in [0.25, 0.3) is 0 Å². The number of ether oxygens (including phenoxy) is 1. The highest BCUT2D eigenvalue weighted by atomic mass is 16.5. The Labute approximate surface area is 84.1 Å². The van der Waals surface area contributed by atoms with E-state index in [1.165, 1.54) is 24.0 Å². The van der Waals surface area contributed by atoms with Crippen molar-refractivity contribution in [2.45, 2.75) is 37.8 Å². The van der Waals surface area contributed by atoms with Crippen molar-refractivity contribution in [3.05, 3.63) is 29.3 Å². The minimum Gasteiger partial charge on any atom is -0.490 e. The zero-order chi connectivity index (χ0) is 9.54. The SMILES string of the molecule is N[C@H]1CCc2cccc(OC3CC3)c21. The molecule has 74 valence electrons. The summed E-state index contributed by atoms with van der Waals surface area (Å²) in [5.74, 6) is 1.04. The molecule has 0 unspecified atom stereocenters. The van der Waals surface area contributed by atoms with Gasteiger partial charge in [0.15, 0.2) is 0 Å². The van der Waals surface area contributed by atoms with Crippen molar-refractivity contribution < 1.29 is 4.74 Å². The van der Waals surface area contributed by atoms with Gasteiger partial charge < -0.3 is 10.5 Å². The van der Waals surface area contributed by atoms with Gasteiger partial charge in [0, 0.05) is 11.6 Å². The van der Waals surface area contributed by atoms with Crippen LogP contribution in [0.5, 0.6) is 5.75 Å². The molecule has 3 rings (SSSR count). The molecule has 0 spiro atoms. The molecule has 14 heavy (non-hydrogen) atoms. The normalized spacial score (nSPS) is 24.8. The average molecular weight is 189 g/mol. The Bertz CT molecular complexity index is 357. The highest BCUT2D eigenvalue weighted by Crippen LogP contribution is 2.38. The molecular weight excluding hydrogens is 174 g/mol. The summed E-state index contributed by atoms with van der Waals surface area (Å²) in [4.78, 5) is 0. The van der Waals surface area contributed by atoms with Crippen LogP contribution >= 0.6 is 0 Å². The number of benzene rings is 1. The summed E-state index contributed by atoms with van der Waals surface area (Å²) < 4.78 is 5.86. The molecular formula is C12H15NO. The molecule has 0 saturated heterocycles. The number of aryl methyl sites for hydroxylation is 1. The quantitative estimate of drug-likeness (QED) is 0.773. The van der Waals surface area contributed by atoms with E-state index in [9.17, 15) is 0 Å². The predicted molar refractivity (Wildman–Crippen MR) is 55.3 cm³/mol. The maximum Gasteiger partial charge on any atom is 0.124 e. The van der Waals surface area contributed by atoms with Crippen LogP contribution < -0.4 is 10.5 Å². The van der Waals surface area contributed by atoms with Crippen LogP contribution in [0.3, 0.4) is 0 Å². The third kappa shape index (κ3) is 1.30. The lowest BCUT2D eigenvalue weighted by Crippen LogP contribution is -2.08. The molecule has 2 N–H and O–H groups in total. The monoisotopic (exact) mass is 189 g/mol. The minimum atomic E-state index is 0.194. The molecule has 0 aliphatic heterocycles. The first-order valence-electron chi connectivity index (χ1n) is 5.38. The Morgan fingerprint density at radius 1 is 1.21 bits per heavy atom. The number of hydrogen-bond donors (Lipinski definition) is 1. The van der Waals surface area contributed by atoms with Crippen LogP contribution in [0, 0.1) is 0 Å². The fourth-order valence-electron chi connectivity index (χ4n) is 2.15. The van der Waals surface area contributed by atoms with Crippen molar-refractivity contribution >= 4 is 0 Å². The second-order valence-electron chi connectivity index (χ2n) is 4.29. The van der Waals surface area contributed by atoms with Crippen LogP contribution in [0.4, 0.5) is 0 Å². The number of rotatable bonds is 2. The molecule has 0 heterocycles. The van der Waals surface area contributed by atoms with Crippen LogP contribution in [0.2, 0.25) is 0 Å². The van der Waals surface area contributed by atoms with Gasteiger partial charge in [-0.05, 0) is 37.3 Å². The van der Waals surface area contributed by atoms with Gasteiger partial charge in [-0.2, -0.15) is 0 Å². The number of fused-ring (bicyclic) bond motifs is 1. The maximum absolute atomic E-state index is 6.06. The molecule has 2 heteroatoms. The molecule has 0 bridgehead atoms. The Balaban J connectivity index is 1.97. The van der Waals surface area contributed by atoms with E-state index < -0.39 is 0 Å². The second kappa shape index (κ2) is 2.99. The highest BCUT2D eigenvalue weighted by molar-refractivity contribution is 5.45. The molecule has 1 saturated carbocycles. The molecule has 0 radical (unpaired) electrons. The zero-order valence-electron chi connectivity index (χ0n) is 8.20. The summed E-state index contributed by atoms with van der Waals surface area (Å²) in [6, 6.07) is 6.50. The first-order valence-corrected chi connectivity index (χ1v) is 5.38. The van der Waals surface area contributed by atoms with E-state index in [0.29, 0.717) is 6.10 Å². The minimum absolute atomic E-state index is 0.194. The summed E-state index contributed by atoms with van der Waals surface area (Å²) in [5, 5.41) is 0. The number of nitrogens with two attached hydrogens (primary N) is 1. The number of hydrogen-bond acceptors (Lipinski definition) is 2. The Morgan fingerprint density at radius 2 is 2.07 bits per heavy atom. The van der Waals surface area contributed by atoms with Crippen molar-refractivity contribution in [2.24, 2.45) is 5.73 Å². The van der Waals surface area contributed by atoms with Gasteiger partial charge in [0.05, 0.1) is 6.10 Å². The largest absolute Gasteiger partial charge is 0.490 e. The molecule has 1 aromatic carbocycles. The zero-order valence-corrected chi connectivity index (χ0v) is 8.20. The van der Waals surface area contributed by atoms with Gasteiger partial charge in [-0.3, -0.25) is 0 Å². The fourth-order valence-corrected chi connectivity index (χ4v) is 2.15. The van der Waals surface area contributed by atoms with Crippen molar-refractivity contribution in [3.63, 3.8) is 0 Å². The van der Waals surface area contributed by atoms with Crippen molar-refractivity contribution in [1.29, 1.82) is 0 Å². The lowest BCUT2D eigenvalue weighted by atomic mass is 10.1. The first kappa shape index (κ1) is 8.30. The van der Waals surface area contributed by atoms with E-state index in [4.69, 9.17) is 10.5 Å². The summed E-state index contributed by atoms with van der Waals surface area (Å²) in [7, 11) is 0. The third-order valence-electron chi connectivity index (χ3n) is 3.07. The summed E-state index contributed by atoms with van der Waals surface area (Å²) in [5.41, 5.74) is 8.71. The Hall–Kier alpha value is -1.02. The first-order chi connectivity index (χ1) is 6.84. The van der Waals surface area contributed by atoms with Crippen LogP contribution in [-0.2, 0) is 6.42 Å². The van der Waals surface area contributed by atoms with Gasteiger partial charge in [0.1, 0.15) is 5.75 Å². The second-order valence-corrected chi connectivity index (χ2v) is 4.29. The van der Waals surface area contributed by atoms with Crippen molar-refractivity contribution in [3.8, 4) is 5.75 Å². The summed E-state index contributed by atoms with van der Waals surface area (Å²) in [6.45, 7) is 0. The standard InChI is InChI=1S/C12H15NO/c13-10-7-4-8-2-1-3-11(12(8)10)14-9-5-6-9/h1-3,9-10H,4-7,13H2/t10-/m0/s1. The van der Waals surface area contributed by atoms with Gasteiger partial charge >= 0.3 is 0 Å². The summed E-state index contributed by atoms with van der Waals surface area (Å²) >= 11 is 0. The van der Waals surface area contributed by atoms with E-state index in [0.717, 1.165) is 18.6 Å². The van der Waals surface area contributed by atoms with Crippen molar-refractivity contribution in [2.75, 3.05) is 0 Å². The van der Waals surface area contributed by atoms with Gasteiger partial charge in [-0.25, -0.2) is 0 Å². The third-order valence-corrected chi connectivity index (χ3v) is 3.07. The average Bonchev–Trinajstić information content (AvgIpc) is 2.91. The van der Waals surface area contributed by atoms with E-state index in [2.05, 4.69) is 18.2 Å². The molecule has 1 atom stereocenters. The van der Waals surface area contributed by atoms with E-state index in [-0.39, 0.29) is 6.04 Å². The molecule has 1 fully saturated rings. The predicted octanol–water partition coefficient (Wildman–Crippen LogP) is 2.17. The van der Waals surface area contributed by atoms with Gasteiger partial charge in [0.2, 0.25) is 0 Å². The molecule has 2 aliphatic carbocycles. The molecule has 1 aromatic rings.